The number of carbonyl (C=O) groups excluding carboxylic acids is 2. The van der Waals surface area contributed by atoms with Crippen LogP contribution in [0.15, 0.2) is 0 Å². The molecule has 1 aliphatic rings. The van der Waals surface area contributed by atoms with Crippen molar-refractivity contribution in [1.82, 2.24) is 10.2 Å². The van der Waals surface area contributed by atoms with Crippen LogP contribution >= 0.6 is 0 Å². The summed E-state index contributed by atoms with van der Waals surface area (Å²) in [6.45, 7) is 4.36. The Balaban J connectivity index is 2.08. The van der Waals surface area contributed by atoms with E-state index in [1.807, 2.05) is 0 Å². The minimum atomic E-state index is -0.938. The van der Waals surface area contributed by atoms with Crippen molar-refractivity contribution >= 4 is 11.8 Å². The van der Waals surface area contributed by atoms with E-state index in [4.69, 9.17) is 10.5 Å². The van der Waals surface area contributed by atoms with Gasteiger partial charge >= 0.3 is 11.8 Å². The first-order chi connectivity index (χ1) is 6.70. The number of amides is 2. The van der Waals surface area contributed by atoms with Crippen LogP contribution in [0.1, 0.15) is 0 Å². The van der Waals surface area contributed by atoms with E-state index in [9.17, 15) is 9.59 Å². The monoisotopic (exact) mass is 201 g/mol. The van der Waals surface area contributed by atoms with Crippen molar-refractivity contribution in [3.05, 3.63) is 0 Å². The fourth-order valence-corrected chi connectivity index (χ4v) is 1.24. The van der Waals surface area contributed by atoms with Crippen molar-refractivity contribution in [1.29, 1.82) is 0 Å². The summed E-state index contributed by atoms with van der Waals surface area (Å²) in [5, 5.41) is 2.43. The normalized spacial score (nSPS) is 17.7. The zero-order valence-electron chi connectivity index (χ0n) is 7.99. The molecule has 0 saturated carbocycles. The second-order valence-corrected chi connectivity index (χ2v) is 3.07. The lowest BCUT2D eigenvalue weighted by molar-refractivity contribution is -0.137. The van der Waals surface area contributed by atoms with E-state index < -0.39 is 11.8 Å². The molecule has 0 radical (unpaired) electrons. The maximum absolute atomic E-state index is 10.8. The standard InChI is InChI=1S/C8H15N3O3/c9-7(12)8(13)10-1-2-11-3-5-14-6-4-11/h1-6H2,(H2,9,12)(H,10,13). The van der Waals surface area contributed by atoms with Gasteiger partial charge in [-0.15, -0.1) is 0 Å². The molecule has 1 fully saturated rings. The largest absolute Gasteiger partial charge is 0.379 e. The molecule has 0 atom stereocenters. The number of carbonyl (C=O) groups is 2. The molecular weight excluding hydrogens is 186 g/mol. The van der Waals surface area contributed by atoms with Gasteiger partial charge in [0.25, 0.3) is 0 Å². The van der Waals surface area contributed by atoms with Crippen molar-refractivity contribution in [3.8, 4) is 0 Å². The Bertz CT molecular complexity index is 214. The van der Waals surface area contributed by atoms with E-state index in [1.54, 1.807) is 0 Å². The predicted molar refractivity (Wildman–Crippen MR) is 49.5 cm³/mol. The highest BCUT2D eigenvalue weighted by atomic mass is 16.5. The molecule has 2 amide bonds. The Hall–Kier alpha value is -1.14. The first-order valence-electron chi connectivity index (χ1n) is 4.58. The molecule has 1 rings (SSSR count). The minimum Gasteiger partial charge on any atom is -0.379 e. The third-order valence-corrected chi connectivity index (χ3v) is 2.04. The number of morpholine rings is 1. The van der Waals surface area contributed by atoms with Crippen LogP contribution in [0.3, 0.4) is 0 Å². The highest BCUT2D eigenvalue weighted by Crippen LogP contribution is 1.94. The molecule has 6 nitrogen and oxygen atoms in total. The van der Waals surface area contributed by atoms with Gasteiger partial charge in [0.2, 0.25) is 0 Å². The molecule has 0 bridgehead atoms. The average Bonchev–Trinajstić information content (AvgIpc) is 2.19. The number of nitrogens with zero attached hydrogens (tertiary/aromatic N) is 1. The molecule has 3 N–H and O–H groups in total. The van der Waals surface area contributed by atoms with E-state index in [2.05, 4.69) is 10.2 Å². The number of hydrogen-bond acceptors (Lipinski definition) is 4. The predicted octanol–water partition coefficient (Wildman–Crippen LogP) is -2.08. The summed E-state index contributed by atoms with van der Waals surface area (Å²) in [6.07, 6.45) is 0. The third kappa shape index (κ3) is 3.71. The molecule has 6 heteroatoms. The lowest BCUT2D eigenvalue weighted by Crippen LogP contribution is -2.43. The minimum absolute atomic E-state index is 0.446. The topological polar surface area (TPSA) is 84.7 Å². The van der Waals surface area contributed by atoms with Crippen LogP contribution in [0.2, 0.25) is 0 Å². The summed E-state index contributed by atoms with van der Waals surface area (Å²) in [6, 6.07) is 0. The number of nitrogens with two attached hydrogens (primary N) is 1. The van der Waals surface area contributed by atoms with Crippen molar-refractivity contribution in [2.24, 2.45) is 5.73 Å². The summed E-state index contributed by atoms with van der Waals surface area (Å²) >= 11 is 0. The van der Waals surface area contributed by atoms with Gasteiger partial charge in [0.05, 0.1) is 13.2 Å². The van der Waals surface area contributed by atoms with Crippen molar-refractivity contribution in [3.63, 3.8) is 0 Å². The molecule has 0 aromatic rings. The van der Waals surface area contributed by atoms with Gasteiger partial charge in [-0.05, 0) is 0 Å². The number of rotatable bonds is 3. The highest BCUT2D eigenvalue weighted by molar-refractivity contribution is 6.34. The molecule has 1 saturated heterocycles. The van der Waals surface area contributed by atoms with Crippen LogP contribution in [-0.4, -0.2) is 56.1 Å². The number of hydrogen-bond donors (Lipinski definition) is 2. The molecular formula is C8H15N3O3. The molecule has 0 aromatic heterocycles. The summed E-state index contributed by atoms with van der Waals surface area (Å²) in [5.74, 6) is -1.66. The van der Waals surface area contributed by atoms with Crippen LogP contribution in [0.25, 0.3) is 0 Å². The number of nitrogens with one attached hydrogen (secondary N) is 1. The fourth-order valence-electron chi connectivity index (χ4n) is 1.24. The van der Waals surface area contributed by atoms with Gasteiger partial charge in [-0.1, -0.05) is 0 Å². The summed E-state index contributed by atoms with van der Waals surface area (Å²) in [7, 11) is 0. The van der Waals surface area contributed by atoms with Gasteiger partial charge in [0.1, 0.15) is 0 Å². The maximum atomic E-state index is 10.8. The number of primary amides is 1. The maximum Gasteiger partial charge on any atom is 0.309 e. The molecule has 0 spiro atoms. The van der Waals surface area contributed by atoms with Gasteiger partial charge in [0.15, 0.2) is 0 Å². The highest BCUT2D eigenvalue weighted by Gasteiger charge is 2.11. The van der Waals surface area contributed by atoms with Gasteiger partial charge in [0, 0.05) is 26.2 Å². The first-order valence-corrected chi connectivity index (χ1v) is 4.58. The molecule has 80 valence electrons. The third-order valence-electron chi connectivity index (χ3n) is 2.04. The summed E-state index contributed by atoms with van der Waals surface area (Å²) in [5.41, 5.74) is 4.77. The zero-order valence-corrected chi connectivity index (χ0v) is 7.99. The van der Waals surface area contributed by atoms with Crippen molar-refractivity contribution in [2.45, 2.75) is 0 Å². The van der Waals surface area contributed by atoms with Gasteiger partial charge in [-0.25, -0.2) is 0 Å². The lowest BCUT2D eigenvalue weighted by Gasteiger charge is -2.26. The van der Waals surface area contributed by atoms with E-state index in [-0.39, 0.29) is 0 Å². The molecule has 1 aliphatic heterocycles. The molecule has 0 aromatic carbocycles. The van der Waals surface area contributed by atoms with Gasteiger partial charge < -0.3 is 15.8 Å². The fraction of sp³-hybridized carbons (Fsp3) is 0.750. The second-order valence-electron chi connectivity index (χ2n) is 3.07. The van der Waals surface area contributed by atoms with Crippen LogP contribution in [0.5, 0.6) is 0 Å². The SMILES string of the molecule is NC(=O)C(=O)NCCN1CCOCC1. The lowest BCUT2D eigenvalue weighted by atomic mass is 10.4. The Kier molecular flexibility index (Phi) is 4.34. The Morgan fingerprint density at radius 2 is 2.00 bits per heavy atom. The molecule has 0 aliphatic carbocycles. The molecule has 1 heterocycles. The average molecular weight is 201 g/mol. The van der Waals surface area contributed by atoms with E-state index in [0.717, 1.165) is 32.8 Å². The zero-order chi connectivity index (χ0) is 10.4. The van der Waals surface area contributed by atoms with Crippen LogP contribution in [0.4, 0.5) is 0 Å². The van der Waals surface area contributed by atoms with Crippen LogP contribution in [0, 0.1) is 0 Å². The Morgan fingerprint density at radius 3 is 2.57 bits per heavy atom. The first kappa shape index (κ1) is 10.9. The molecule has 0 unspecified atom stereocenters. The number of ether oxygens (including phenoxy) is 1. The van der Waals surface area contributed by atoms with Gasteiger partial charge in [-0.2, -0.15) is 0 Å². The Morgan fingerprint density at radius 1 is 1.36 bits per heavy atom. The summed E-state index contributed by atoms with van der Waals surface area (Å²) in [4.78, 5) is 23.3. The smallest absolute Gasteiger partial charge is 0.309 e. The van der Waals surface area contributed by atoms with Gasteiger partial charge in [-0.3, -0.25) is 14.5 Å². The molecule has 14 heavy (non-hydrogen) atoms. The second kappa shape index (κ2) is 5.56. The van der Waals surface area contributed by atoms with E-state index in [1.165, 1.54) is 0 Å². The van der Waals surface area contributed by atoms with E-state index >= 15 is 0 Å². The van der Waals surface area contributed by atoms with Crippen LogP contribution < -0.4 is 11.1 Å². The Labute approximate surface area is 82.4 Å². The van der Waals surface area contributed by atoms with Crippen molar-refractivity contribution < 1.29 is 14.3 Å². The van der Waals surface area contributed by atoms with Crippen molar-refractivity contribution in [2.75, 3.05) is 39.4 Å². The van der Waals surface area contributed by atoms with E-state index in [0.29, 0.717) is 6.54 Å². The quantitative estimate of drug-likeness (QED) is 0.513. The van der Waals surface area contributed by atoms with Crippen LogP contribution in [-0.2, 0) is 14.3 Å². The summed E-state index contributed by atoms with van der Waals surface area (Å²) < 4.78 is 5.16.